The van der Waals surface area contributed by atoms with Crippen LogP contribution in [0.1, 0.15) is 27.9 Å². The third-order valence-corrected chi connectivity index (χ3v) is 5.73. The number of anilines is 1. The molecule has 1 aromatic heterocycles. The normalized spacial score (nSPS) is 15.8. The van der Waals surface area contributed by atoms with Crippen LogP contribution in [0, 0.1) is 0 Å². The van der Waals surface area contributed by atoms with Gasteiger partial charge in [-0.15, -0.1) is 0 Å². The lowest BCUT2D eigenvalue weighted by Gasteiger charge is -2.20. The summed E-state index contributed by atoms with van der Waals surface area (Å²) < 4.78 is 5.76. The second-order valence-corrected chi connectivity index (χ2v) is 7.65. The standard InChI is InChI=1S/C21H21N3O2S/c1-2-24-13-12-18-19(14-24)27-21(22-18)23-20(25)15-8-10-17(11-9-15)26-16-6-4-3-5-7-16/h3-11H,2,12-14H2,1H3,(H,22,23,25)/p+1. The monoisotopic (exact) mass is 380 g/mol. The average molecular weight is 380 g/mol. The molecule has 0 saturated carbocycles. The first kappa shape index (κ1) is 17.7. The number of hydrogen-bond donors (Lipinski definition) is 2. The summed E-state index contributed by atoms with van der Waals surface area (Å²) in [5.41, 5.74) is 1.73. The summed E-state index contributed by atoms with van der Waals surface area (Å²) in [5.74, 6) is 1.32. The van der Waals surface area contributed by atoms with Crippen LogP contribution < -0.4 is 15.0 Å². The van der Waals surface area contributed by atoms with Crippen LogP contribution in [-0.4, -0.2) is 24.0 Å². The van der Waals surface area contributed by atoms with Crippen molar-refractivity contribution in [3.05, 3.63) is 70.7 Å². The van der Waals surface area contributed by atoms with Crippen molar-refractivity contribution >= 4 is 22.4 Å². The number of ether oxygens (including phenoxy) is 1. The zero-order chi connectivity index (χ0) is 18.6. The molecule has 0 bridgehead atoms. The Hall–Kier alpha value is -2.70. The van der Waals surface area contributed by atoms with Crippen molar-refractivity contribution in [3.8, 4) is 11.5 Å². The van der Waals surface area contributed by atoms with Crippen LogP contribution in [0.15, 0.2) is 54.6 Å². The molecule has 2 heterocycles. The van der Waals surface area contributed by atoms with Gasteiger partial charge in [-0.1, -0.05) is 29.5 Å². The van der Waals surface area contributed by atoms with Crippen molar-refractivity contribution in [1.29, 1.82) is 0 Å². The molecule has 4 rings (SSSR count). The summed E-state index contributed by atoms with van der Waals surface area (Å²) in [4.78, 5) is 20.0. The number of amides is 1. The number of quaternary nitrogens is 1. The summed E-state index contributed by atoms with van der Waals surface area (Å²) in [6.07, 6.45) is 0.983. The number of carbonyl (C=O) groups is 1. The largest absolute Gasteiger partial charge is 0.457 e. The fourth-order valence-corrected chi connectivity index (χ4v) is 4.23. The minimum absolute atomic E-state index is 0.146. The second-order valence-electron chi connectivity index (χ2n) is 6.56. The van der Waals surface area contributed by atoms with E-state index in [0.717, 1.165) is 37.5 Å². The molecule has 2 aromatic carbocycles. The van der Waals surface area contributed by atoms with Gasteiger partial charge in [0.25, 0.3) is 5.91 Å². The van der Waals surface area contributed by atoms with Crippen LogP contribution in [0.5, 0.6) is 11.5 Å². The number of carbonyl (C=O) groups excluding carboxylic acids is 1. The average Bonchev–Trinajstić information content (AvgIpc) is 3.10. The van der Waals surface area contributed by atoms with Gasteiger partial charge in [0.1, 0.15) is 18.0 Å². The summed E-state index contributed by atoms with van der Waals surface area (Å²) >= 11 is 1.59. The van der Waals surface area contributed by atoms with E-state index in [0.29, 0.717) is 16.4 Å². The molecule has 5 nitrogen and oxygen atoms in total. The van der Waals surface area contributed by atoms with Crippen molar-refractivity contribution in [1.82, 2.24) is 4.98 Å². The van der Waals surface area contributed by atoms with E-state index < -0.39 is 0 Å². The molecule has 1 aliphatic rings. The van der Waals surface area contributed by atoms with Crippen molar-refractivity contribution in [2.24, 2.45) is 0 Å². The highest BCUT2D eigenvalue weighted by atomic mass is 32.1. The number of likely N-dealkylation sites (N-methyl/N-ethyl adjacent to an activating group) is 1. The number of para-hydroxylation sites is 1. The molecule has 0 fully saturated rings. The lowest BCUT2D eigenvalue weighted by Crippen LogP contribution is -3.11. The molecule has 0 saturated heterocycles. The van der Waals surface area contributed by atoms with E-state index in [4.69, 9.17) is 4.74 Å². The highest BCUT2D eigenvalue weighted by Gasteiger charge is 2.23. The van der Waals surface area contributed by atoms with Crippen LogP contribution in [0.3, 0.4) is 0 Å². The molecule has 2 N–H and O–H groups in total. The minimum Gasteiger partial charge on any atom is -0.457 e. The van der Waals surface area contributed by atoms with Crippen molar-refractivity contribution in [2.45, 2.75) is 19.9 Å². The Kier molecular flexibility index (Phi) is 5.18. The van der Waals surface area contributed by atoms with Crippen LogP contribution in [0.25, 0.3) is 0 Å². The Labute approximate surface area is 162 Å². The van der Waals surface area contributed by atoms with Gasteiger partial charge in [0.2, 0.25) is 0 Å². The van der Waals surface area contributed by atoms with Gasteiger partial charge in [-0.05, 0) is 43.3 Å². The first-order valence-corrected chi connectivity index (χ1v) is 9.99. The van der Waals surface area contributed by atoms with Gasteiger partial charge in [-0.25, -0.2) is 4.98 Å². The third kappa shape index (κ3) is 4.18. The summed E-state index contributed by atoms with van der Waals surface area (Å²) in [7, 11) is 0. The zero-order valence-corrected chi connectivity index (χ0v) is 16.0. The highest BCUT2D eigenvalue weighted by molar-refractivity contribution is 7.15. The van der Waals surface area contributed by atoms with Gasteiger partial charge in [0.15, 0.2) is 5.13 Å². The zero-order valence-electron chi connectivity index (χ0n) is 15.2. The maximum Gasteiger partial charge on any atom is 0.257 e. The number of benzene rings is 2. The van der Waals surface area contributed by atoms with E-state index in [-0.39, 0.29) is 5.91 Å². The Balaban J connectivity index is 1.41. The maximum absolute atomic E-state index is 12.5. The van der Waals surface area contributed by atoms with Crippen molar-refractivity contribution < 1.29 is 14.4 Å². The van der Waals surface area contributed by atoms with Crippen molar-refractivity contribution in [2.75, 3.05) is 18.4 Å². The van der Waals surface area contributed by atoms with E-state index in [1.54, 1.807) is 40.5 Å². The summed E-state index contributed by atoms with van der Waals surface area (Å²) in [5, 5.41) is 3.62. The fourth-order valence-electron chi connectivity index (χ4n) is 3.15. The lowest BCUT2D eigenvalue weighted by molar-refractivity contribution is -0.913. The number of rotatable bonds is 5. The molecule has 0 radical (unpaired) electrons. The van der Waals surface area contributed by atoms with Crippen LogP contribution in [0.4, 0.5) is 5.13 Å². The molecular weight excluding hydrogens is 358 g/mol. The highest BCUT2D eigenvalue weighted by Crippen LogP contribution is 2.25. The Morgan fingerprint density at radius 1 is 1.15 bits per heavy atom. The van der Waals surface area contributed by atoms with Crippen LogP contribution >= 0.6 is 11.3 Å². The smallest absolute Gasteiger partial charge is 0.257 e. The Bertz CT molecular complexity index is 922. The van der Waals surface area contributed by atoms with Gasteiger partial charge in [-0.3, -0.25) is 10.1 Å². The maximum atomic E-state index is 12.5. The molecule has 0 aliphatic carbocycles. The van der Waals surface area contributed by atoms with E-state index >= 15 is 0 Å². The van der Waals surface area contributed by atoms with E-state index in [1.807, 2.05) is 30.3 Å². The first-order valence-electron chi connectivity index (χ1n) is 9.17. The van der Waals surface area contributed by atoms with Crippen LogP contribution in [0.2, 0.25) is 0 Å². The first-order chi connectivity index (χ1) is 13.2. The quantitative estimate of drug-likeness (QED) is 0.715. The Morgan fingerprint density at radius 3 is 2.63 bits per heavy atom. The molecule has 1 atom stereocenters. The lowest BCUT2D eigenvalue weighted by atomic mass is 10.2. The SMILES string of the molecule is CC[NH+]1CCc2nc(NC(=O)c3ccc(Oc4ccccc4)cc3)sc2C1. The molecular formula is C21H22N3O2S+. The van der Waals surface area contributed by atoms with Crippen molar-refractivity contribution in [3.63, 3.8) is 0 Å². The predicted octanol–water partition coefficient (Wildman–Crippen LogP) is 3.15. The predicted molar refractivity (Wildman–Crippen MR) is 107 cm³/mol. The molecule has 3 aromatic rings. The summed E-state index contributed by atoms with van der Waals surface area (Å²) in [6.45, 7) is 5.44. The third-order valence-electron chi connectivity index (χ3n) is 4.72. The number of thiazole rings is 1. The molecule has 0 spiro atoms. The topological polar surface area (TPSA) is 55.7 Å². The number of nitrogens with zero attached hydrogens (tertiary/aromatic N) is 1. The number of hydrogen-bond acceptors (Lipinski definition) is 4. The minimum atomic E-state index is -0.146. The van der Waals surface area contributed by atoms with E-state index in [2.05, 4.69) is 17.2 Å². The Morgan fingerprint density at radius 2 is 1.89 bits per heavy atom. The number of aromatic nitrogens is 1. The van der Waals surface area contributed by atoms with Gasteiger partial charge in [0, 0.05) is 12.0 Å². The number of fused-ring (bicyclic) bond motifs is 1. The van der Waals surface area contributed by atoms with Gasteiger partial charge in [-0.2, -0.15) is 0 Å². The van der Waals surface area contributed by atoms with Gasteiger partial charge in [0.05, 0.1) is 23.7 Å². The molecule has 27 heavy (non-hydrogen) atoms. The number of nitrogens with one attached hydrogen (secondary N) is 2. The van der Waals surface area contributed by atoms with Crippen LogP contribution in [-0.2, 0) is 13.0 Å². The van der Waals surface area contributed by atoms with E-state index in [1.165, 1.54) is 4.88 Å². The van der Waals surface area contributed by atoms with Gasteiger partial charge < -0.3 is 9.64 Å². The fraction of sp³-hybridized carbons (Fsp3) is 0.238. The second kappa shape index (κ2) is 7.90. The van der Waals surface area contributed by atoms with Gasteiger partial charge >= 0.3 is 0 Å². The molecule has 1 amide bonds. The molecule has 1 aliphatic heterocycles. The molecule has 138 valence electrons. The molecule has 6 heteroatoms. The summed E-state index contributed by atoms with van der Waals surface area (Å²) in [6, 6.07) is 16.7. The molecule has 1 unspecified atom stereocenters. The van der Waals surface area contributed by atoms with E-state index in [9.17, 15) is 4.79 Å².